The lowest BCUT2D eigenvalue weighted by molar-refractivity contribution is 0.101. The summed E-state index contributed by atoms with van der Waals surface area (Å²) in [5.41, 5.74) is 0.391. The minimum absolute atomic E-state index is 0.105. The highest BCUT2D eigenvalue weighted by Crippen LogP contribution is 2.44. The second kappa shape index (κ2) is 4.45. The number of Topliss-reactive ketones (excluding diaryl/α,β-unsaturated/α-hetero) is 1. The summed E-state index contributed by atoms with van der Waals surface area (Å²) in [5, 5.41) is 38.0. The maximum Gasteiger partial charge on any atom is 0.232 e. The van der Waals surface area contributed by atoms with E-state index in [9.17, 15) is 25.2 Å². The number of allylic oxidation sites excluding steroid dienone is 1. The van der Waals surface area contributed by atoms with Gasteiger partial charge in [-0.15, -0.1) is 0 Å². The summed E-state index contributed by atoms with van der Waals surface area (Å²) >= 11 is 0. The Kier molecular flexibility index (Phi) is 2.72. The SMILES string of the molecule is O=C1/C(=C/c2ccc(O)cc2O)Oc2c1ccc(O)c2O. The third-order valence-corrected chi connectivity index (χ3v) is 3.09. The van der Waals surface area contributed by atoms with Crippen molar-refractivity contribution in [3.05, 3.63) is 47.2 Å². The molecule has 2 aromatic carbocycles. The third-order valence-electron chi connectivity index (χ3n) is 3.09. The van der Waals surface area contributed by atoms with Crippen LogP contribution in [0.2, 0.25) is 0 Å². The number of phenols is 4. The van der Waals surface area contributed by atoms with E-state index in [1.54, 1.807) is 0 Å². The first-order valence-corrected chi connectivity index (χ1v) is 5.98. The minimum Gasteiger partial charge on any atom is -0.508 e. The summed E-state index contributed by atoms with van der Waals surface area (Å²) in [5.74, 6) is -1.94. The van der Waals surface area contributed by atoms with Gasteiger partial charge in [-0.1, -0.05) is 0 Å². The van der Waals surface area contributed by atoms with Crippen molar-refractivity contribution in [3.8, 4) is 28.7 Å². The van der Waals surface area contributed by atoms with Crippen LogP contribution in [0.5, 0.6) is 28.7 Å². The largest absolute Gasteiger partial charge is 0.508 e. The molecule has 0 atom stereocenters. The fourth-order valence-corrected chi connectivity index (χ4v) is 2.02. The van der Waals surface area contributed by atoms with E-state index in [-0.39, 0.29) is 34.1 Å². The highest BCUT2D eigenvalue weighted by atomic mass is 16.5. The molecule has 0 fully saturated rings. The highest BCUT2D eigenvalue weighted by molar-refractivity contribution is 6.15. The number of ether oxygens (including phenoxy) is 1. The first-order chi connectivity index (χ1) is 9.97. The number of phenolic OH excluding ortho intramolecular Hbond substituents is 4. The van der Waals surface area contributed by atoms with Gasteiger partial charge in [-0.25, -0.2) is 0 Å². The van der Waals surface area contributed by atoms with Crippen molar-refractivity contribution in [2.24, 2.45) is 0 Å². The van der Waals surface area contributed by atoms with Crippen molar-refractivity contribution in [1.29, 1.82) is 0 Å². The van der Waals surface area contributed by atoms with E-state index in [1.165, 1.54) is 30.3 Å². The Balaban J connectivity index is 2.05. The molecule has 2 aromatic rings. The number of carbonyl (C=O) groups is 1. The molecule has 21 heavy (non-hydrogen) atoms. The topological polar surface area (TPSA) is 107 Å². The van der Waals surface area contributed by atoms with E-state index in [2.05, 4.69) is 0 Å². The molecule has 0 saturated heterocycles. The zero-order valence-electron chi connectivity index (χ0n) is 10.6. The Bertz CT molecular complexity index is 791. The highest BCUT2D eigenvalue weighted by Gasteiger charge is 2.31. The zero-order chi connectivity index (χ0) is 15.1. The van der Waals surface area contributed by atoms with Crippen LogP contribution >= 0.6 is 0 Å². The van der Waals surface area contributed by atoms with Gasteiger partial charge in [0.2, 0.25) is 11.5 Å². The normalized spacial score (nSPS) is 15.0. The molecule has 0 radical (unpaired) electrons. The average Bonchev–Trinajstić information content (AvgIpc) is 2.75. The lowest BCUT2D eigenvalue weighted by Gasteiger charge is -2.03. The monoisotopic (exact) mass is 286 g/mol. The summed E-state index contributed by atoms with van der Waals surface area (Å²) < 4.78 is 5.25. The molecular weight excluding hydrogens is 276 g/mol. The van der Waals surface area contributed by atoms with Gasteiger partial charge in [-0.05, 0) is 30.3 Å². The predicted octanol–water partition coefficient (Wildman–Crippen LogP) is 2.13. The molecular formula is C15H10O6. The van der Waals surface area contributed by atoms with E-state index >= 15 is 0 Å². The Morgan fingerprint density at radius 1 is 0.952 bits per heavy atom. The van der Waals surface area contributed by atoms with Gasteiger partial charge >= 0.3 is 0 Å². The molecule has 0 amide bonds. The van der Waals surface area contributed by atoms with E-state index in [0.29, 0.717) is 0 Å². The van der Waals surface area contributed by atoms with Crippen molar-refractivity contribution < 1.29 is 30.0 Å². The molecule has 6 nitrogen and oxygen atoms in total. The molecule has 106 valence electrons. The first-order valence-electron chi connectivity index (χ1n) is 5.98. The van der Waals surface area contributed by atoms with Crippen molar-refractivity contribution in [2.45, 2.75) is 0 Å². The number of hydrogen-bond acceptors (Lipinski definition) is 6. The number of benzene rings is 2. The molecule has 0 spiro atoms. The molecule has 1 heterocycles. The van der Waals surface area contributed by atoms with Crippen LogP contribution < -0.4 is 4.74 Å². The standard InChI is InChI=1S/C15H10O6/c16-8-2-1-7(11(18)6-8)5-12-13(19)9-3-4-10(17)14(20)15(9)21-12/h1-6,16-18,20H/b12-5-. The molecule has 0 aromatic heterocycles. The van der Waals surface area contributed by atoms with E-state index < -0.39 is 17.3 Å². The Labute approximate surface area is 118 Å². The maximum absolute atomic E-state index is 12.1. The van der Waals surface area contributed by atoms with Gasteiger partial charge in [-0.3, -0.25) is 4.79 Å². The van der Waals surface area contributed by atoms with Crippen molar-refractivity contribution in [2.75, 3.05) is 0 Å². The first kappa shape index (κ1) is 12.9. The van der Waals surface area contributed by atoms with Crippen LogP contribution in [-0.4, -0.2) is 26.2 Å². The number of rotatable bonds is 1. The molecule has 0 aliphatic carbocycles. The number of ketones is 1. The molecule has 0 bridgehead atoms. The smallest absolute Gasteiger partial charge is 0.232 e. The van der Waals surface area contributed by atoms with Crippen LogP contribution in [0.3, 0.4) is 0 Å². The predicted molar refractivity (Wildman–Crippen MR) is 72.5 cm³/mol. The third kappa shape index (κ3) is 2.02. The summed E-state index contributed by atoms with van der Waals surface area (Å²) in [6.07, 6.45) is 1.29. The van der Waals surface area contributed by atoms with Crippen molar-refractivity contribution >= 4 is 11.9 Å². The van der Waals surface area contributed by atoms with Gasteiger partial charge in [0.15, 0.2) is 17.3 Å². The number of aromatic hydroxyl groups is 4. The molecule has 0 unspecified atom stereocenters. The van der Waals surface area contributed by atoms with Gasteiger partial charge in [0.25, 0.3) is 0 Å². The Morgan fingerprint density at radius 2 is 1.71 bits per heavy atom. The van der Waals surface area contributed by atoms with E-state index in [4.69, 9.17) is 4.74 Å². The molecule has 1 aliphatic heterocycles. The molecule has 4 N–H and O–H groups in total. The van der Waals surface area contributed by atoms with Gasteiger partial charge in [0, 0.05) is 11.6 Å². The second-order valence-electron chi connectivity index (χ2n) is 4.49. The number of hydrogen-bond donors (Lipinski definition) is 4. The zero-order valence-corrected chi connectivity index (χ0v) is 10.6. The fraction of sp³-hybridized carbons (Fsp3) is 0. The van der Waals surface area contributed by atoms with Crippen LogP contribution in [0.25, 0.3) is 6.08 Å². The van der Waals surface area contributed by atoms with Crippen LogP contribution in [0, 0.1) is 0 Å². The molecule has 6 heteroatoms. The minimum atomic E-state index is -0.515. The molecule has 3 rings (SSSR count). The summed E-state index contributed by atoms with van der Waals surface area (Å²) in [6.45, 7) is 0. The average molecular weight is 286 g/mol. The van der Waals surface area contributed by atoms with Gasteiger partial charge in [0.05, 0.1) is 5.56 Å². The molecule has 0 saturated carbocycles. The Hall–Kier alpha value is -3.15. The summed E-state index contributed by atoms with van der Waals surface area (Å²) in [6, 6.07) is 6.42. The summed E-state index contributed by atoms with van der Waals surface area (Å²) in [4.78, 5) is 12.1. The maximum atomic E-state index is 12.1. The van der Waals surface area contributed by atoms with Crippen LogP contribution in [0.1, 0.15) is 15.9 Å². The van der Waals surface area contributed by atoms with Crippen LogP contribution in [0.15, 0.2) is 36.1 Å². The quantitative estimate of drug-likeness (QED) is 0.472. The lowest BCUT2D eigenvalue weighted by atomic mass is 10.1. The number of fused-ring (bicyclic) bond motifs is 1. The van der Waals surface area contributed by atoms with E-state index in [0.717, 1.165) is 6.07 Å². The summed E-state index contributed by atoms with van der Waals surface area (Å²) in [7, 11) is 0. The molecule has 1 aliphatic rings. The van der Waals surface area contributed by atoms with Gasteiger partial charge in [0.1, 0.15) is 11.5 Å². The van der Waals surface area contributed by atoms with Crippen LogP contribution in [0.4, 0.5) is 0 Å². The second-order valence-corrected chi connectivity index (χ2v) is 4.49. The van der Waals surface area contributed by atoms with Crippen LogP contribution in [-0.2, 0) is 0 Å². The lowest BCUT2D eigenvalue weighted by Crippen LogP contribution is -1.98. The fourth-order valence-electron chi connectivity index (χ4n) is 2.02. The van der Waals surface area contributed by atoms with Crippen molar-refractivity contribution in [3.63, 3.8) is 0 Å². The number of carbonyl (C=O) groups excluding carboxylic acids is 1. The van der Waals surface area contributed by atoms with Gasteiger partial charge < -0.3 is 25.2 Å². The van der Waals surface area contributed by atoms with E-state index in [1.807, 2.05) is 0 Å². The van der Waals surface area contributed by atoms with Crippen molar-refractivity contribution in [1.82, 2.24) is 0 Å². The van der Waals surface area contributed by atoms with Gasteiger partial charge in [-0.2, -0.15) is 0 Å². The Morgan fingerprint density at radius 3 is 2.43 bits per heavy atom.